The summed E-state index contributed by atoms with van der Waals surface area (Å²) < 4.78 is 13.7. The Morgan fingerprint density at radius 2 is 2.32 bits per heavy atom. The molecule has 2 rings (SSSR count). The molecule has 1 aromatic carbocycles. The molecule has 2 N–H and O–H groups in total. The van der Waals surface area contributed by atoms with E-state index in [0.717, 1.165) is 19.4 Å². The number of carbonyl (C=O) groups excluding carboxylic acids is 1. The molecule has 1 fully saturated rings. The molecular formula is C13H17BrClFN2O. The average molecular weight is 352 g/mol. The largest absolute Gasteiger partial charge is 0.326 e. The van der Waals surface area contributed by atoms with Gasteiger partial charge < -0.3 is 10.6 Å². The number of nitrogens with one attached hydrogen (secondary N) is 2. The van der Waals surface area contributed by atoms with Gasteiger partial charge in [0, 0.05) is 18.2 Å². The first-order valence-electron chi connectivity index (χ1n) is 6.13. The van der Waals surface area contributed by atoms with E-state index >= 15 is 0 Å². The Morgan fingerprint density at radius 3 is 2.95 bits per heavy atom. The lowest BCUT2D eigenvalue weighted by atomic mass is 10.1. The molecular weight excluding hydrogens is 335 g/mol. The first-order chi connectivity index (χ1) is 8.65. The SMILES string of the molecule is Cl.O=C(CCC1CCCN1)Nc1ccc(Br)c(F)c1. The number of benzene rings is 1. The topological polar surface area (TPSA) is 41.1 Å². The summed E-state index contributed by atoms with van der Waals surface area (Å²) in [6.45, 7) is 1.05. The highest BCUT2D eigenvalue weighted by Crippen LogP contribution is 2.19. The minimum atomic E-state index is -0.370. The van der Waals surface area contributed by atoms with Crippen LogP contribution in [0.1, 0.15) is 25.7 Å². The molecule has 6 heteroatoms. The van der Waals surface area contributed by atoms with E-state index in [4.69, 9.17) is 0 Å². The fraction of sp³-hybridized carbons (Fsp3) is 0.462. The molecule has 1 atom stereocenters. The second kappa shape index (κ2) is 7.82. The van der Waals surface area contributed by atoms with E-state index in [9.17, 15) is 9.18 Å². The van der Waals surface area contributed by atoms with Gasteiger partial charge in [0.15, 0.2) is 0 Å². The van der Waals surface area contributed by atoms with Crippen molar-refractivity contribution in [2.75, 3.05) is 11.9 Å². The Balaban J connectivity index is 0.00000180. The number of hydrogen-bond donors (Lipinski definition) is 2. The quantitative estimate of drug-likeness (QED) is 0.872. The van der Waals surface area contributed by atoms with E-state index in [2.05, 4.69) is 26.6 Å². The molecule has 3 nitrogen and oxygen atoms in total. The van der Waals surface area contributed by atoms with E-state index < -0.39 is 0 Å². The second-order valence-corrected chi connectivity index (χ2v) is 5.36. The molecule has 0 saturated carbocycles. The molecule has 1 aromatic rings. The average Bonchev–Trinajstić information content (AvgIpc) is 2.84. The van der Waals surface area contributed by atoms with Gasteiger partial charge in [-0.2, -0.15) is 0 Å². The van der Waals surface area contributed by atoms with Crippen LogP contribution in [0.25, 0.3) is 0 Å². The Labute approximate surface area is 126 Å². The smallest absolute Gasteiger partial charge is 0.224 e. The highest BCUT2D eigenvalue weighted by molar-refractivity contribution is 9.10. The van der Waals surface area contributed by atoms with Crippen LogP contribution in [0.5, 0.6) is 0 Å². The van der Waals surface area contributed by atoms with E-state index in [-0.39, 0.29) is 24.1 Å². The number of halogens is 3. The summed E-state index contributed by atoms with van der Waals surface area (Å²) in [5.41, 5.74) is 0.500. The van der Waals surface area contributed by atoms with Gasteiger partial charge in [0.05, 0.1) is 4.47 Å². The van der Waals surface area contributed by atoms with Crippen molar-refractivity contribution in [2.45, 2.75) is 31.7 Å². The molecule has 1 saturated heterocycles. The van der Waals surface area contributed by atoms with Crippen LogP contribution in [-0.2, 0) is 4.79 Å². The molecule has 1 amide bonds. The summed E-state index contributed by atoms with van der Waals surface area (Å²) in [7, 11) is 0. The standard InChI is InChI=1S/C13H16BrFN2O.ClH/c14-11-5-3-10(8-12(11)15)17-13(18)6-4-9-2-1-7-16-9;/h3,5,8-9,16H,1-2,4,6-7H2,(H,17,18);1H. The zero-order chi connectivity index (χ0) is 13.0. The van der Waals surface area contributed by atoms with Crippen molar-refractivity contribution < 1.29 is 9.18 Å². The van der Waals surface area contributed by atoms with Crippen LogP contribution < -0.4 is 10.6 Å². The molecule has 1 aliphatic heterocycles. The minimum Gasteiger partial charge on any atom is -0.326 e. The summed E-state index contributed by atoms with van der Waals surface area (Å²) in [6.07, 6.45) is 3.63. The van der Waals surface area contributed by atoms with E-state index in [1.807, 2.05) is 0 Å². The number of carbonyl (C=O) groups is 1. The highest BCUT2D eigenvalue weighted by atomic mass is 79.9. The van der Waals surface area contributed by atoms with Gasteiger partial charge in [0.25, 0.3) is 0 Å². The van der Waals surface area contributed by atoms with Crippen LogP contribution >= 0.6 is 28.3 Å². The molecule has 1 heterocycles. The summed E-state index contributed by atoms with van der Waals surface area (Å²) in [5.74, 6) is -0.435. The third kappa shape index (κ3) is 5.09. The summed E-state index contributed by atoms with van der Waals surface area (Å²) in [6, 6.07) is 5.04. The number of amides is 1. The van der Waals surface area contributed by atoms with Gasteiger partial charge in [0.2, 0.25) is 5.91 Å². The first-order valence-corrected chi connectivity index (χ1v) is 6.93. The van der Waals surface area contributed by atoms with Crippen LogP contribution in [0.15, 0.2) is 22.7 Å². The zero-order valence-corrected chi connectivity index (χ0v) is 12.8. The maximum Gasteiger partial charge on any atom is 0.224 e. The lowest BCUT2D eigenvalue weighted by Gasteiger charge is -2.10. The molecule has 0 aromatic heterocycles. The van der Waals surface area contributed by atoms with Gasteiger partial charge in [-0.1, -0.05) is 0 Å². The molecule has 106 valence electrons. The summed E-state index contributed by atoms with van der Waals surface area (Å²) in [4.78, 5) is 11.7. The van der Waals surface area contributed by atoms with Crippen LogP contribution in [0.4, 0.5) is 10.1 Å². The van der Waals surface area contributed by atoms with Crippen molar-refractivity contribution in [3.8, 4) is 0 Å². The zero-order valence-electron chi connectivity index (χ0n) is 10.4. The molecule has 19 heavy (non-hydrogen) atoms. The van der Waals surface area contributed by atoms with Crippen LogP contribution in [-0.4, -0.2) is 18.5 Å². The normalized spacial score (nSPS) is 17.9. The van der Waals surface area contributed by atoms with Crippen molar-refractivity contribution in [1.29, 1.82) is 0 Å². The number of anilines is 1. The predicted molar refractivity (Wildman–Crippen MR) is 80.2 cm³/mol. The Hall–Kier alpha value is -0.650. The van der Waals surface area contributed by atoms with Crippen LogP contribution in [0.2, 0.25) is 0 Å². The molecule has 0 aliphatic carbocycles. The second-order valence-electron chi connectivity index (χ2n) is 4.51. The summed E-state index contributed by atoms with van der Waals surface area (Å²) in [5, 5.41) is 6.05. The van der Waals surface area contributed by atoms with Crippen molar-refractivity contribution in [1.82, 2.24) is 5.32 Å². The molecule has 1 unspecified atom stereocenters. The molecule has 0 spiro atoms. The van der Waals surface area contributed by atoms with Crippen LogP contribution in [0, 0.1) is 5.82 Å². The fourth-order valence-electron chi connectivity index (χ4n) is 2.11. The Bertz CT molecular complexity index is 439. The van der Waals surface area contributed by atoms with Gasteiger partial charge in [-0.05, 0) is 59.9 Å². The van der Waals surface area contributed by atoms with Crippen molar-refractivity contribution in [2.24, 2.45) is 0 Å². The molecule has 0 bridgehead atoms. The first kappa shape index (κ1) is 16.4. The van der Waals surface area contributed by atoms with Gasteiger partial charge in [-0.25, -0.2) is 4.39 Å². The number of hydrogen-bond acceptors (Lipinski definition) is 2. The lowest BCUT2D eigenvalue weighted by Crippen LogP contribution is -2.23. The van der Waals surface area contributed by atoms with Gasteiger partial charge in [-0.15, -0.1) is 12.4 Å². The Kier molecular flexibility index (Phi) is 6.75. The van der Waals surface area contributed by atoms with E-state index in [1.54, 1.807) is 12.1 Å². The van der Waals surface area contributed by atoms with E-state index in [1.165, 1.54) is 12.5 Å². The third-order valence-corrected chi connectivity index (χ3v) is 3.73. The predicted octanol–water partition coefficient (Wildman–Crippen LogP) is 3.48. The fourth-order valence-corrected chi connectivity index (χ4v) is 2.35. The van der Waals surface area contributed by atoms with Crippen LogP contribution in [0.3, 0.4) is 0 Å². The maximum absolute atomic E-state index is 13.3. The maximum atomic E-state index is 13.3. The van der Waals surface area contributed by atoms with Crippen molar-refractivity contribution in [3.63, 3.8) is 0 Å². The van der Waals surface area contributed by atoms with Crippen molar-refractivity contribution in [3.05, 3.63) is 28.5 Å². The monoisotopic (exact) mass is 350 g/mol. The minimum absolute atomic E-state index is 0. The lowest BCUT2D eigenvalue weighted by molar-refractivity contribution is -0.116. The van der Waals surface area contributed by atoms with E-state index in [0.29, 0.717) is 22.6 Å². The highest BCUT2D eigenvalue weighted by Gasteiger charge is 2.15. The molecule has 0 radical (unpaired) electrons. The molecule has 1 aliphatic rings. The van der Waals surface area contributed by atoms with Gasteiger partial charge in [0.1, 0.15) is 5.82 Å². The van der Waals surface area contributed by atoms with Gasteiger partial charge in [-0.3, -0.25) is 4.79 Å². The third-order valence-electron chi connectivity index (χ3n) is 3.09. The van der Waals surface area contributed by atoms with Crippen molar-refractivity contribution >= 4 is 39.9 Å². The van der Waals surface area contributed by atoms with Gasteiger partial charge >= 0.3 is 0 Å². The Morgan fingerprint density at radius 1 is 1.53 bits per heavy atom. The number of rotatable bonds is 4. The summed E-state index contributed by atoms with van der Waals surface area (Å²) >= 11 is 3.08.